The molecule has 0 bridgehead atoms. The van der Waals surface area contributed by atoms with Crippen LogP contribution in [0.5, 0.6) is 0 Å². The van der Waals surface area contributed by atoms with Crippen LogP contribution >= 0.6 is 22.9 Å². The van der Waals surface area contributed by atoms with Crippen LogP contribution in [0.25, 0.3) is 0 Å². The molecule has 0 saturated carbocycles. The molecule has 0 aliphatic rings. The van der Waals surface area contributed by atoms with E-state index in [0.29, 0.717) is 10.7 Å². The van der Waals surface area contributed by atoms with Gasteiger partial charge in [0.05, 0.1) is 17.3 Å². The molecule has 0 saturated heterocycles. The largest absolute Gasteiger partial charge is 0.323 e. The molecule has 0 fully saturated rings. The average Bonchev–Trinajstić information content (AvgIpc) is 2.97. The van der Waals surface area contributed by atoms with Gasteiger partial charge in [0.2, 0.25) is 5.91 Å². The van der Waals surface area contributed by atoms with Crippen molar-refractivity contribution in [2.75, 3.05) is 18.9 Å². The van der Waals surface area contributed by atoms with Crippen LogP contribution in [0.3, 0.4) is 0 Å². The number of rotatable bonds is 5. The minimum atomic E-state index is -3.65. The quantitative estimate of drug-likeness (QED) is 0.875. The van der Waals surface area contributed by atoms with Gasteiger partial charge in [0.1, 0.15) is 4.21 Å². The zero-order valence-electron chi connectivity index (χ0n) is 13.0. The molecule has 0 unspecified atom stereocenters. The summed E-state index contributed by atoms with van der Waals surface area (Å²) in [7, 11) is -2.28. The highest BCUT2D eigenvalue weighted by atomic mass is 35.5. The fourth-order valence-corrected chi connectivity index (χ4v) is 4.80. The van der Waals surface area contributed by atoms with Gasteiger partial charge in [-0.3, -0.25) is 4.79 Å². The molecule has 0 atom stereocenters. The van der Waals surface area contributed by atoms with Gasteiger partial charge in [-0.1, -0.05) is 23.7 Å². The second-order valence-electron chi connectivity index (χ2n) is 5.18. The molecule has 2 aromatic rings. The molecular formula is C15H17ClN2O3S2. The van der Waals surface area contributed by atoms with Crippen molar-refractivity contribution >= 4 is 44.6 Å². The van der Waals surface area contributed by atoms with E-state index in [-0.39, 0.29) is 10.8 Å². The molecular weight excluding hydrogens is 356 g/mol. The Bertz CT molecular complexity index is 794. The number of nitrogens with one attached hydrogen (secondary N) is 1. The minimum absolute atomic E-state index is 0.206. The lowest BCUT2D eigenvalue weighted by molar-refractivity contribution is -0.116. The van der Waals surface area contributed by atoms with E-state index in [2.05, 4.69) is 5.32 Å². The van der Waals surface area contributed by atoms with Crippen molar-refractivity contribution in [3.05, 3.63) is 45.8 Å². The van der Waals surface area contributed by atoms with Crippen LogP contribution in [0.15, 0.2) is 33.9 Å². The summed E-state index contributed by atoms with van der Waals surface area (Å²) in [6.45, 7) is 3.45. The van der Waals surface area contributed by atoms with Crippen LogP contribution in [-0.2, 0) is 14.8 Å². The molecule has 1 amide bonds. The zero-order valence-corrected chi connectivity index (χ0v) is 15.3. The van der Waals surface area contributed by atoms with Crippen LogP contribution in [0, 0.1) is 13.8 Å². The maximum Gasteiger partial charge on any atom is 0.252 e. The molecule has 2 rings (SSSR count). The van der Waals surface area contributed by atoms with Crippen molar-refractivity contribution in [3.8, 4) is 0 Å². The first kappa shape index (κ1) is 17.9. The second-order valence-corrected chi connectivity index (χ2v) is 8.81. The Morgan fingerprint density at radius 1 is 1.35 bits per heavy atom. The summed E-state index contributed by atoms with van der Waals surface area (Å²) >= 11 is 7.25. The van der Waals surface area contributed by atoms with Gasteiger partial charge >= 0.3 is 0 Å². The number of amides is 1. The molecule has 8 heteroatoms. The summed E-state index contributed by atoms with van der Waals surface area (Å²) in [4.78, 5) is 12.2. The van der Waals surface area contributed by atoms with E-state index in [1.807, 2.05) is 19.9 Å². The Labute approximate surface area is 144 Å². The molecule has 0 radical (unpaired) electrons. The van der Waals surface area contributed by atoms with Crippen molar-refractivity contribution in [1.29, 1.82) is 0 Å². The van der Waals surface area contributed by atoms with E-state index in [4.69, 9.17) is 11.6 Å². The highest BCUT2D eigenvalue weighted by molar-refractivity contribution is 7.91. The Morgan fingerprint density at radius 3 is 2.61 bits per heavy atom. The van der Waals surface area contributed by atoms with Crippen molar-refractivity contribution < 1.29 is 13.2 Å². The number of carbonyl (C=O) groups excluding carboxylic acids is 1. The number of likely N-dealkylation sites (N-methyl/N-ethyl adjacent to an activating group) is 1. The Kier molecular flexibility index (Phi) is 5.46. The van der Waals surface area contributed by atoms with Crippen LogP contribution in [0.4, 0.5) is 5.69 Å². The first-order valence-corrected chi connectivity index (χ1v) is 9.48. The third-order valence-corrected chi connectivity index (χ3v) is 6.70. The van der Waals surface area contributed by atoms with Gasteiger partial charge in [0, 0.05) is 7.05 Å². The average molecular weight is 373 g/mol. The summed E-state index contributed by atoms with van der Waals surface area (Å²) < 4.78 is 25.8. The van der Waals surface area contributed by atoms with E-state index in [0.717, 1.165) is 26.8 Å². The SMILES string of the molecule is Cc1cc(C)c(NC(=O)CN(C)S(=O)(=O)c2cccs2)c(Cl)c1. The number of hydrogen-bond acceptors (Lipinski definition) is 4. The van der Waals surface area contributed by atoms with Gasteiger partial charge in [-0.2, -0.15) is 4.31 Å². The van der Waals surface area contributed by atoms with E-state index < -0.39 is 15.9 Å². The number of sulfonamides is 1. The molecule has 0 spiro atoms. The lowest BCUT2D eigenvalue weighted by Gasteiger charge is -2.17. The Hall–Kier alpha value is -1.41. The van der Waals surface area contributed by atoms with E-state index in [1.54, 1.807) is 17.5 Å². The zero-order chi connectivity index (χ0) is 17.2. The third-order valence-electron chi connectivity index (χ3n) is 3.22. The van der Waals surface area contributed by atoms with Gasteiger partial charge < -0.3 is 5.32 Å². The molecule has 124 valence electrons. The van der Waals surface area contributed by atoms with Crippen LogP contribution in [0.2, 0.25) is 5.02 Å². The number of thiophene rings is 1. The number of halogens is 1. The molecule has 1 aromatic heterocycles. The number of aryl methyl sites for hydroxylation is 2. The smallest absolute Gasteiger partial charge is 0.252 e. The van der Waals surface area contributed by atoms with Crippen LogP contribution in [-0.4, -0.2) is 32.2 Å². The molecule has 0 aliphatic heterocycles. The van der Waals surface area contributed by atoms with Crippen LogP contribution in [0.1, 0.15) is 11.1 Å². The molecule has 5 nitrogen and oxygen atoms in total. The van der Waals surface area contributed by atoms with Crippen molar-refractivity contribution in [2.45, 2.75) is 18.1 Å². The van der Waals surface area contributed by atoms with E-state index in [1.165, 1.54) is 13.1 Å². The van der Waals surface area contributed by atoms with E-state index >= 15 is 0 Å². The third kappa shape index (κ3) is 4.11. The number of carbonyl (C=O) groups is 1. The fraction of sp³-hybridized carbons (Fsp3) is 0.267. The van der Waals surface area contributed by atoms with Gasteiger partial charge in [0.25, 0.3) is 10.0 Å². The Balaban J connectivity index is 2.11. The number of hydrogen-bond donors (Lipinski definition) is 1. The molecule has 1 aromatic carbocycles. The lowest BCUT2D eigenvalue weighted by Crippen LogP contribution is -2.34. The summed E-state index contributed by atoms with van der Waals surface area (Å²) in [5.41, 5.74) is 2.32. The summed E-state index contributed by atoms with van der Waals surface area (Å²) in [5.74, 6) is -0.443. The maximum absolute atomic E-state index is 12.3. The Morgan fingerprint density at radius 2 is 2.04 bits per heavy atom. The maximum atomic E-state index is 12.3. The lowest BCUT2D eigenvalue weighted by atomic mass is 10.1. The van der Waals surface area contributed by atoms with Crippen molar-refractivity contribution in [1.82, 2.24) is 4.31 Å². The summed E-state index contributed by atoms with van der Waals surface area (Å²) in [6.07, 6.45) is 0. The molecule has 1 heterocycles. The molecule has 23 heavy (non-hydrogen) atoms. The van der Waals surface area contributed by atoms with Gasteiger partial charge in [-0.25, -0.2) is 8.42 Å². The predicted octanol–water partition coefficient (Wildman–Crippen LogP) is 3.28. The monoisotopic (exact) mass is 372 g/mol. The number of nitrogens with zero attached hydrogens (tertiary/aromatic N) is 1. The van der Waals surface area contributed by atoms with Gasteiger partial charge in [0.15, 0.2) is 0 Å². The molecule has 0 aliphatic carbocycles. The van der Waals surface area contributed by atoms with Crippen molar-refractivity contribution in [2.24, 2.45) is 0 Å². The number of anilines is 1. The second kappa shape index (κ2) is 7.00. The normalized spacial score (nSPS) is 11.7. The topological polar surface area (TPSA) is 66.5 Å². The first-order chi connectivity index (χ1) is 10.7. The van der Waals surface area contributed by atoms with Gasteiger partial charge in [-0.05, 0) is 42.5 Å². The summed E-state index contributed by atoms with van der Waals surface area (Å²) in [5, 5.41) is 4.79. The van der Waals surface area contributed by atoms with Crippen LogP contribution < -0.4 is 5.32 Å². The standard InChI is InChI=1S/C15H17ClN2O3S2/c1-10-7-11(2)15(12(16)8-10)17-13(19)9-18(3)23(20,21)14-5-4-6-22-14/h4-8H,9H2,1-3H3,(H,17,19). The fourth-order valence-electron chi connectivity index (χ4n) is 2.10. The van der Waals surface area contributed by atoms with Crippen molar-refractivity contribution in [3.63, 3.8) is 0 Å². The van der Waals surface area contributed by atoms with Gasteiger partial charge in [-0.15, -0.1) is 11.3 Å². The summed E-state index contributed by atoms with van der Waals surface area (Å²) in [6, 6.07) is 6.81. The molecule has 1 N–H and O–H groups in total. The van der Waals surface area contributed by atoms with E-state index in [9.17, 15) is 13.2 Å². The highest BCUT2D eigenvalue weighted by Gasteiger charge is 2.24. The first-order valence-electron chi connectivity index (χ1n) is 6.78. The highest BCUT2D eigenvalue weighted by Crippen LogP contribution is 2.27. The predicted molar refractivity (Wildman–Crippen MR) is 93.7 cm³/mol. The minimum Gasteiger partial charge on any atom is -0.323 e. The number of benzene rings is 1.